The SMILES string of the molecule is CCOc1cccc(CNC2CCS(=O)(=O)CC2)c1O. The van der Waals surface area contributed by atoms with E-state index in [0.717, 1.165) is 5.56 Å². The molecule has 1 saturated heterocycles. The molecule has 0 aromatic heterocycles. The lowest BCUT2D eigenvalue weighted by molar-refractivity contribution is 0.316. The standard InChI is InChI=1S/C14H21NO4S/c1-2-19-13-5-3-4-11(14(13)16)10-15-12-6-8-20(17,18)9-7-12/h3-5,12,15-16H,2,6-10H2,1H3. The van der Waals surface area contributed by atoms with Gasteiger partial charge in [0.05, 0.1) is 18.1 Å². The molecule has 0 unspecified atom stereocenters. The maximum Gasteiger partial charge on any atom is 0.162 e. The largest absolute Gasteiger partial charge is 0.504 e. The summed E-state index contributed by atoms with van der Waals surface area (Å²) < 4.78 is 28.1. The van der Waals surface area contributed by atoms with E-state index < -0.39 is 9.84 Å². The van der Waals surface area contributed by atoms with Crippen LogP contribution in [0.1, 0.15) is 25.3 Å². The molecule has 1 aliphatic heterocycles. The Morgan fingerprint density at radius 2 is 2.05 bits per heavy atom. The second-order valence-corrected chi connectivity index (χ2v) is 7.31. The highest BCUT2D eigenvalue weighted by Gasteiger charge is 2.23. The van der Waals surface area contributed by atoms with Gasteiger partial charge in [0.2, 0.25) is 0 Å². The van der Waals surface area contributed by atoms with Crippen LogP contribution in [0.3, 0.4) is 0 Å². The smallest absolute Gasteiger partial charge is 0.162 e. The summed E-state index contributed by atoms with van der Waals surface area (Å²) in [5.74, 6) is 1.13. The fourth-order valence-electron chi connectivity index (χ4n) is 2.33. The monoisotopic (exact) mass is 299 g/mol. The Balaban J connectivity index is 1.93. The fourth-order valence-corrected chi connectivity index (χ4v) is 3.82. The zero-order valence-electron chi connectivity index (χ0n) is 11.6. The van der Waals surface area contributed by atoms with Gasteiger partial charge in [-0.25, -0.2) is 8.42 Å². The molecule has 1 aliphatic rings. The lowest BCUT2D eigenvalue weighted by Crippen LogP contribution is -2.37. The lowest BCUT2D eigenvalue weighted by Gasteiger charge is -2.23. The molecule has 0 aliphatic carbocycles. The maximum atomic E-state index is 11.4. The van der Waals surface area contributed by atoms with E-state index in [1.54, 1.807) is 6.07 Å². The zero-order valence-corrected chi connectivity index (χ0v) is 12.4. The second-order valence-electron chi connectivity index (χ2n) is 5.00. The van der Waals surface area contributed by atoms with Crippen molar-refractivity contribution in [3.63, 3.8) is 0 Å². The van der Waals surface area contributed by atoms with Gasteiger partial charge in [-0.3, -0.25) is 0 Å². The van der Waals surface area contributed by atoms with Crippen molar-refractivity contribution >= 4 is 9.84 Å². The summed E-state index contributed by atoms with van der Waals surface area (Å²) in [6.07, 6.45) is 1.27. The molecule has 1 heterocycles. The fraction of sp³-hybridized carbons (Fsp3) is 0.571. The Hall–Kier alpha value is -1.27. The quantitative estimate of drug-likeness (QED) is 0.861. The zero-order chi connectivity index (χ0) is 14.6. The number of sulfone groups is 1. The molecule has 0 spiro atoms. The summed E-state index contributed by atoms with van der Waals surface area (Å²) in [6.45, 7) is 2.88. The number of para-hydroxylation sites is 1. The maximum absolute atomic E-state index is 11.4. The molecular weight excluding hydrogens is 278 g/mol. The van der Waals surface area contributed by atoms with Crippen LogP contribution in [0.25, 0.3) is 0 Å². The molecule has 5 nitrogen and oxygen atoms in total. The van der Waals surface area contributed by atoms with E-state index in [0.29, 0.717) is 31.7 Å². The van der Waals surface area contributed by atoms with Crippen LogP contribution < -0.4 is 10.1 Å². The minimum absolute atomic E-state index is 0.158. The number of hydrogen-bond donors (Lipinski definition) is 2. The van der Waals surface area contributed by atoms with Crippen LogP contribution in [-0.2, 0) is 16.4 Å². The van der Waals surface area contributed by atoms with Gasteiger partial charge in [-0.15, -0.1) is 0 Å². The van der Waals surface area contributed by atoms with Crippen LogP contribution in [0.5, 0.6) is 11.5 Å². The van der Waals surface area contributed by atoms with E-state index in [2.05, 4.69) is 5.32 Å². The molecule has 20 heavy (non-hydrogen) atoms. The molecule has 2 rings (SSSR count). The number of phenols is 1. The number of benzene rings is 1. The predicted octanol–water partition coefficient (Wildman–Crippen LogP) is 1.46. The number of hydrogen-bond acceptors (Lipinski definition) is 5. The first-order valence-corrected chi connectivity index (χ1v) is 8.71. The molecule has 6 heteroatoms. The Kier molecular flexibility index (Phi) is 4.88. The average molecular weight is 299 g/mol. The van der Waals surface area contributed by atoms with Gasteiger partial charge in [0, 0.05) is 18.2 Å². The molecule has 0 amide bonds. The number of aromatic hydroxyl groups is 1. The summed E-state index contributed by atoms with van der Waals surface area (Å²) in [6, 6.07) is 5.60. The van der Waals surface area contributed by atoms with Gasteiger partial charge in [0.1, 0.15) is 9.84 Å². The summed E-state index contributed by atoms with van der Waals surface area (Å²) in [5.41, 5.74) is 0.768. The highest BCUT2D eigenvalue weighted by molar-refractivity contribution is 7.91. The molecule has 1 aromatic carbocycles. The van der Waals surface area contributed by atoms with Gasteiger partial charge in [0.25, 0.3) is 0 Å². The summed E-state index contributed by atoms with van der Waals surface area (Å²) in [5, 5.41) is 13.4. The molecular formula is C14H21NO4S. The van der Waals surface area contributed by atoms with Crippen LogP contribution in [0.15, 0.2) is 18.2 Å². The van der Waals surface area contributed by atoms with Gasteiger partial charge in [-0.05, 0) is 25.8 Å². The van der Waals surface area contributed by atoms with E-state index in [4.69, 9.17) is 4.74 Å². The number of ether oxygens (including phenoxy) is 1. The van der Waals surface area contributed by atoms with E-state index in [1.165, 1.54) is 0 Å². The average Bonchev–Trinajstić information content (AvgIpc) is 2.41. The lowest BCUT2D eigenvalue weighted by atomic mass is 10.1. The van der Waals surface area contributed by atoms with Crippen molar-refractivity contribution in [2.75, 3.05) is 18.1 Å². The van der Waals surface area contributed by atoms with E-state index in [1.807, 2.05) is 19.1 Å². The number of nitrogens with one attached hydrogen (secondary N) is 1. The summed E-state index contributed by atoms with van der Waals surface area (Å²) >= 11 is 0. The van der Waals surface area contributed by atoms with Gasteiger partial charge < -0.3 is 15.2 Å². The third-order valence-electron chi connectivity index (χ3n) is 3.52. The normalized spacial score (nSPS) is 18.9. The summed E-state index contributed by atoms with van der Waals surface area (Å²) in [7, 11) is -2.83. The summed E-state index contributed by atoms with van der Waals surface area (Å²) in [4.78, 5) is 0. The van der Waals surface area contributed by atoms with Crippen LogP contribution in [0, 0.1) is 0 Å². The Morgan fingerprint density at radius 3 is 2.70 bits per heavy atom. The second kappa shape index (κ2) is 6.45. The minimum Gasteiger partial charge on any atom is -0.504 e. The van der Waals surface area contributed by atoms with Crippen molar-refractivity contribution in [1.29, 1.82) is 0 Å². The van der Waals surface area contributed by atoms with Crippen molar-refractivity contribution in [2.45, 2.75) is 32.4 Å². The topological polar surface area (TPSA) is 75.6 Å². The van der Waals surface area contributed by atoms with Crippen LogP contribution >= 0.6 is 0 Å². The molecule has 0 saturated carbocycles. The highest BCUT2D eigenvalue weighted by atomic mass is 32.2. The first-order valence-electron chi connectivity index (χ1n) is 6.89. The van der Waals surface area contributed by atoms with Crippen molar-refractivity contribution in [1.82, 2.24) is 5.32 Å². The molecule has 0 atom stereocenters. The molecule has 0 bridgehead atoms. The Morgan fingerprint density at radius 1 is 1.35 bits per heavy atom. The third-order valence-corrected chi connectivity index (χ3v) is 5.23. The highest BCUT2D eigenvalue weighted by Crippen LogP contribution is 2.29. The van der Waals surface area contributed by atoms with Gasteiger partial charge in [0.15, 0.2) is 11.5 Å². The van der Waals surface area contributed by atoms with E-state index in [-0.39, 0.29) is 23.3 Å². The molecule has 0 radical (unpaired) electrons. The predicted molar refractivity (Wildman–Crippen MR) is 77.8 cm³/mol. The third kappa shape index (κ3) is 3.86. The molecule has 1 fully saturated rings. The first kappa shape index (κ1) is 15.1. The van der Waals surface area contributed by atoms with Crippen molar-refractivity contribution < 1.29 is 18.3 Å². The van der Waals surface area contributed by atoms with Crippen molar-refractivity contribution in [2.24, 2.45) is 0 Å². The van der Waals surface area contributed by atoms with Gasteiger partial charge in [-0.1, -0.05) is 12.1 Å². The van der Waals surface area contributed by atoms with Crippen LogP contribution in [0.4, 0.5) is 0 Å². The van der Waals surface area contributed by atoms with Crippen LogP contribution in [0.2, 0.25) is 0 Å². The van der Waals surface area contributed by atoms with Crippen LogP contribution in [-0.4, -0.2) is 37.7 Å². The van der Waals surface area contributed by atoms with E-state index in [9.17, 15) is 13.5 Å². The first-order chi connectivity index (χ1) is 9.52. The van der Waals surface area contributed by atoms with E-state index >= 15 is 0 Å². The van der Waals surface area contributed by atoms with Gasteiger partial charge >= 0.3 is 0 Å². The Labute approximate surface area is 119 Å². The number of phenolic OH excluding ortho intramolecular Hbond substituents is 1. The molecule has 112 valence electrons. The Bertz CT molecular complexity index is 542. The van der Waals surface area contributed by atoms with Crippen molar-refractivity contribution in [3.8, 4) is 11.5 Å². The van der Waals surface area contributed by atoms with Crippen molar-refractivity contribution in [3.05, 3.63) is 23.8 Å². The molecule has 1 aromatic rings. The minimum atomic E-state index is -2.83. The molecule has 2 N–H and O–H groups in total. The van der Waals surface area contributed by atoms with Gasteiger partial charge in [-0.2, -0.15) is 0 Å². The number of rotatable bonds is 5.